The lowest BCUT2D eigenvalue weighted by Crippen LogP contribution is -3.00. The highest BCUT2D eigenvalue weighted by atomic mass is 35.5. The molecule has 8 heteroatoms. The Morgan fingerprint density at radius 1 is 1.06 bits per heavy atom. The largest absolute Gasteiger partial charge is 1.00 e. The van der Waals surface area contributed by atoms with Gasteiger partial charge in [-0.15, -0.1) is 0 Å². The number of rotatable bonds is 4. The Labute approximate surface area is 198 Å². The quantitative estimate of drug-likeness (QED) is 0.606. The zero-order valence-corrected chi connectivity index (χ0v) is 19.7. The second kappa shape index (κ2) is 10.0. The maximum atomic E-state index is 13.2. The lowest BCUT2D eigenvalue weighted by Gasteiger charge is -2.25. The third-order valence-corrected chi connectivity index (χ3v) is 6.07. The second-order valence-corrected chi connectivity index (χ2v) is 8.63. The van der Waals surface area contributed by atoms with E-state index in [9.17, 15) is 4.79 Å². The van der Waals surface area contributed by atoms with Crippen LogP contribution >= 0.6 is 23.2 Å². The molecule has 2 aromatic carbocycles. The number of aryl methyl sites for hydroxylation is 2. The minimum absolute atomic E-state index is 0. The predicted molar refractivity (Wildman–Crippen MR) is 122 cm³/mol. The first-order chi connectivity index (χ1) is 14.4. The monoisotopic (exact) mass is 477 g/mol. The summed E-state index contributed by atoms with van der Waals surface area (Å²) < 4.78 is 1.92. The molecule has 0 radical (unpaired) electrons. The van der Waals surface area contributed by atoms with Gasteiger partial charge in [-0.1, -0.05) is 29.3 Å². The van der Waals surface area contributed by atoms with Crippen molar-refractivity contribution in [1.82, 2.24) is 15.1 Å². The van der Waals surface area contributed by atoms with E-state index >= 15 is 0 Å². The van der Waals surface area contributed by atoms with E-state index in [0.29, 0.717) is 21.3 Å². The molecule has 1 saturated heterocycles. The molecule has 0 aliphatic carbocycles. The lowest BCUT2D eigenvalue weighted by molar-refractivity contribution is -0.0000137. The summed E-state index contributed by atoms with van der Waals surface area (Å²) in [6.07, 6.45) is 3.58. The molecule has 3 aromatic rings. The van der Waals surface area contributed by atoms with Crippen molar-refractivity contribution in [1.29, 1.82) is 0 Å². The highest BCUT2D eigenvalue weighted by molar-refractivity contribution is 6.35. The third-order valence-electron chi connectivity index (χ3n) is 5.63. The third kappa shape index (κ3) is 5.24. The minimum Gasteiger partial charge on any atom is -1.00 e. The van der Waals surface area contributed by atoms with Crippen LogP contribution in [0.1, 0.15) is 45.9 Å². The van der Waals surface area contributed by atoms with E-state index in [1.54, 1.807) is 24.4 Å². The van der Waals surface area contributed by atoms with Gasteiger partial charge >= 0.3 is 0 Å². The van der Waals surface area contributed by atoms with E-state index in [-0.39, 0.29) is 24.2 Å². The van der Waals surface area contributed by atoms with E-state index in [2.05, 4.69) is 47.8 Å². The molecule has 1 aromatic heterocycles. The van der Waals surface area contributed by atoms with Crippen LogP contribution in [0.2, 0.25) is 10.0 Å². The fourth-order valence-corrected chi connectivity index (χ4v) is 4.43. The lowest BCUT2D eigenvalue weighted by atomic mass is 9.91. The molecular weight excluding hydrogens is 455 g/mol. The van der Waals surface area contributed by atoms with Crippen LogP contribution in [-0.4, -0.2) is 28.8 Å². The van der Waals surface area contributed by atoms with Gasteiger partial charge in [0.2, 0.25) is 0 Å². The fourth-order valence-electron chi connectivity index (χ4n) is 3.91. The maximum absolute atomic E-state index is 13.2. The molecule has 164 valence electrons. The Morgan fingerprint density at radius 2 is 1.74 bits per heavy atom. The number of anilines is 1. The van der Waals surface area contributed by atoms with E-state index < -0.39 is 0 Å². The summed E-state index contributed by atoms with van der Waals surface area (Å²) in [4.78, 5) is 13.2. The van der Waals surface area contributed by atoms with E-state index in [4.69, 9.17) is 23.2 Å². The van der Waals surface area contributed by atoms with E-state index in [0.717, 1.165) is 37.3 Å². The molecule has 0 saturated carbocycles. The predicted octanol–water partition coefficient (Wildman–Crippen LogP) is 2.52. The smallest absolute Gasteiger partial charge is 0.259 e. The number of nitrogens with zero attached hydrogens (tertiary/aromatic N) is 2. The number of carbonyl (C=O) groups is 1. The summed E-state index contributed by atoms with van der Waals surface area (Å²) in [6, 6.07) is 11.3. The molecule has 5 nitrogen and oxygen atoms in total. The van der Waals surface area contributed by atoms with Gasteiger partial charge in [0.1, 0.15) is 0 Å². The van der Waals surface area contributed by atoms with Crippen LogP contribution in [0, 0.1) is 13.8 Å². The van der Waals surface area contributed by atoms with E-state index in [1.165, 1.54) is 11.1 Å². The zero-order chi connectivity index (χ0) is 21.3. The molecule has 0 bridgehead atoms. The first kappa shape index (κ1) is 23.6. The zero-order valence-electron chi connectivity index (χ0n) is 17.4. The van der Waals surface area contributed by atoms with Gasteiger partial charge in [0.05, 0.1) is 23.1 Å². The number of halogens is 3. The van der Waals surface area contributed by atoms with Gasteiger partial charge in [0, 0.05) is 21.7 Å². The molecule has 1 aliphatic heterocycles. The number of amides is 1. The van der Waals surface area contributed by atoms with Gasteiger partial charge in [-0.3, -0.25) is 4.79 Å². The summed E-state index contributed by atoms with van der Waals surface area (Å²) in [5.74, 6) is 0.0380. The molecule has 2 N–H and O–H groups in total. The molecular formula is C23H24Cl3N4O-. The van der Waals surface area contributed by atoms with Crippen molar-refractivity contribution in [3.05, 3.63) is 75.0 Å². The average molecular weight is 479 g/mol. The number of carbonyl (C=O) groups excluding carboxylic acids is 1. The molecule has 0 spiro atoms. The molecule has 2 heterocycles. The summed E-state index contributed by atoms with van der Waals surface area (Å²) in [5.41, 5.74) is 5.48. The number of hydrogen-bond acceptors (Lipinski definition) is 3. The van der Waals surface area contributed by atoms with Gasteiger partial charge in [-0.05, 0) is 81.2 Å². The summed E-state index contributed by atoms with van der Waals surface area (Å²) >= 11 is 12.2. The van der Waals surface area contributed by atoms with Gasteiger partial charge in [0.25, 0.3) is 5.91 Å². The number of piperidine rings is 1. The Balaban J connectivity index is 0.00000272. The normalized spacial score (nSPS) is 14.2. The van der Waals surface area contributed by atoms with Crippen LogP contribution < -0.4 is 23.0 Å². The van der Waals surface area contributed by atoms with E-state index in [1.807, 2.05) is 4.68 Å². The van der Waals surface area contributed by atoms with Crippen molar-refractivity contribution >= 4 is 34.8 Å². The number of nitrogens with one attached hydrogen (secondary N) is 2. The average Bonchev–Trinajstić information content (AvgIpc) is 3.15. The standard InChI is InChI=1S/C23H24Cl2N4O.ClH/c1-14-3-4-20(9-15(14)2)29-22(16-5-7-26-8-6-16)21(13-27-29)23(30)28-19-11-17(24)10-18(25)12-19;/h3-4,9-13,16,26H,5-8H2,1-2H3,(H,28,30);1H/p-1. The highest BCUT2D eigenvalue weighted by Gasteiger charge is 2.27. The SMILES string of the molecule is Cc1ccc(-n2ncc(C(=O)Nc3cc(Cl)cc(Cl)c3)c2C2CCNCC2)cc1C.[Cl-]. The Kier molecular flexibility index (Phi) is 7.65. The van der Waals surface area contributed by atoms with Crippen LogP contribution in [0.15, 0.2) is 42.6 Å². The molecule has 31 heavy (non-hydrogen) atoms. The molecule has 0 unspecified atom stereocenters. The van der Waals surface area contributed by atoms with Gasteiger partial charge < -0.3 is 23.0 Å². The van der Waals surface area contributed by atoms with Gasteiger partial charge in [-0.25, -0.2) is 4.68 Å². The number of hydrogen-bond donors (Lipinski definition) is 2. The maximum Gasteiger partial charge on any atom is 0.259 e. The molecule has 1 aliphatic rings. The van der Waals surface area contributed by atoms with Crippen molar-refractivity contribution in [2.24, 2.45) is 0 Å². The fraction of sp³-hybridized carbons (Fsp3) is 0.304. The molecule has 1 fully saturated rings. The van der Waals surface area contributed by atoms with Gasteiger partial charge in [-0.2, -0.15) is 5.10 Å². The Morgan fingerprint density at radius 3 is 2.39 bits per heavy atom. The van der Waals surface area contributed by atoms with Crippen molar-refractivity contribution in [2.45, 2.75) is 32.6 Å². The molecule has 4 rings (SSSR count). The summed E-state index contributed by atoms with van der Waals surface area (Å²) in [7, 11) is 0. The topological polar surface area (TPSA) is 59.0 Å². The summed E-state index contributed by atoms with van der Waals surface area (Å²) in [5, 5.41) is 11.9. The second-order valence-electron chi connectivity index (χ2n) is 7.76. The Hall–Kier alpha value is -2.05. The van der Waals surface area contributed by atoms with Crippen LogP contribution in [0.3, 0.4) is 0 Å². The highest BCUT2D eigenvalue weighted by Crippen LogP contribution is 2.31. The van der Waals surface area contributed by atoms with Crippen molar-refractivity contribution in [3.63, 3.8) is 0 Å². The number of benzene rings is 2. The van der Waals surface area contributed by atoms with Crippen LogP contribution in [0.5, 0.6) is 0 Å². The minimum atomic E-state index is -0.211. The van der Waals surface area contributed by atoms with Crippen LogP contribution in [0.4, 0.5) is 5.69 Å². The number of aromatic nitrogens is 2. The van der Waals surface area contributed by atoms with Crippen LogP contribution in [0.25, 0.3) is 5.69 Å². The van der Waals surface area contributed by atoms with Crippen molar-refractivity contribution in [2.75, 3.05) is 18.4 Å². The van der Waals surface area contributed by atoms with Crippen molar-refractivity contribution in [3.8, 4) is 5.69 Å². The van der Waals surface area contributed by atoms with Crippen molar-refractivity contribution < 1.29 is 17.2 Å². The summed E-state index contributed by atoms with van der Waals surface area (Å²) in [6.45, 7) is 6.02. The molecule has 1 amide bonds. The first-order valence-corrected chi connectivity index (χ1v) is 10.8. The van der Waals surface area contributed by atoms with Crippen LogP contribution in [-0.2, 0) is 0 Å². The first-order valence-electron chi connectivity index (χ1n) is 10.1. The van der Waals surface area contributed by atoms with Gasteiger partial charge in [0.15, 0.2) is 0 Å². The Bertz CT molecular complexity index is 1070. The molecule has 0 atom stereocenters.